The molecule has 0 unspecified atom stereocenters. The van der Waals surface area contributed by atoms with E-state index in [1.807, 2.05) is 24.3 Å². The highest BCUT2D eigenvalue weighted by Gasteiger charge is 2.06. The number of benzene rings is 1. The van der Waals surface area contributed by atoms with E-state index in [-0.39, 0.29) is 12.5 Å². The molecule has 0 aliphatic rings. The summed E-state index contributed by atoms with van der Waals surface area (Å²) >= 11 is 6.65. The molecule has 4 nitrogen and oxygen atoms in total. The van der Waals surface area contributed by atoms with Crippen molar-refractivity contribution < 1.29 is 4.79 Å². The Balaban J connectivity index is 2.01. The van der Waals surface area contributed by atoms with Gasteiger partial charge in [0, 0.05) is 10.7 Å². The van der Waals surface area contributed by atoms with Crippen LogP contribution >= 0.6 is 31.9 Å². The van der Waals surface area contributed by atoms with Gasteiger partial charge in [-0.25, -0.2) is 0 Å². The Kier molecular flexibility index (Phi) is 3.96. The third kappa shape index (κ3) is 3.41. The first kappa shape index (κ1) is 12.3. The molecular formula is C11H9Br2N3O. The van der Waals surface area contributed by atoms with E-state index in [2.05, 4.69) is 42.3 Å². The summed E-state index contributed by atoms with van der Waals surface area (Å²) in [7, 11) is 0. The van der Waals surface area contributed by atoms with E-state index in [4.69, 9.17) is 0 Å². The molecule has 1 aromatic heterocycles. The van der Waals surface area contributed by atoms with Crippen molar-refractivity contribution in [3.63, 3.8) is 0 Å². The first-order valence-electron chi connectivity index (χ1n) is 4.87. The van der Waals surface area contributed by atoms with E-state index in [1.54, 1.807) is 17.1 Å². The molecule has 6 heteroatoms. The first-order valence-corrected chi connectivity index (χ1v) is 6.46. The molecule has 1 N–H and O–H groups in total. The van der Waals surface area contributed by atoms with Gasteiger partial charge in [-0.1, -0.05) is 12.1 Å². The van der Waals surface area contributed by atoms with Gasteiger partial charge in [0.25, 0.3) is 0 Å². The standard InChI is InChI=1S/C11H9Br2N3O/c12-8-5-14-16(6-8)7-11(17)15-10-4-2-1-3-9(10)13/h1-6H,7H2,(H,15,17). The van der Waals surface area contributed by atoms with E-state index in [9.17, 15) is 4.79 Å². The third-order valence-corrected chi connectivity index (χ3v) is 3.16. The molecule has 2 rings (SSSR count). The van der Waals surface area contributed by atoms with Gasteiger partial charge in [-0.15, -0.1) is 0 Å². The van der Waals surface area contributed by atoms with Crippen LogP contribution < -0.4 is 5.32 Å². The normalized spacial score (nSPS) is 10.2. The van der Waals surface area contributed by atoms with Gasteiger partial charge in [-0.3, -0.25) is 9.48 Å². The highest BCUT2D eigenvalue weighted by molar-refractivity contribution is 9.10. The molecule has 0 aliphatic heterocycles. The molecule has 17 heavy (non-hydrogen) atoms. The average Bonchev–Trinajstić information content (AvgIpc) is 2.67. The number of nitrogens with zero attached hydrogens (tertiary/aromatic N) is 2. The van der Waals surface area contributed by atoms with E-state index < -0.39 is 0 Å². The molecule has 1 heterocycles. The van der Waals surface area contributed by atoms with Crippen LogP contribution in [0.15, 0.2) is 45.6 Å². The zero-order chi connectivity index (χ0) is 12.3. The minimum atomic E-state index is -0.118. The van der Waals surface area contributed by atoms with Crippen LogP contribution in [0.3, 0.4) is 0 Å². The molecule has 0 aliphatic carbocycles. The van der Waals surface area contributed by atoms with Gasteiger partial charge in [0.05, 0.1) is 16.4 Å². The summed E-state index contributed by atoms with van der Waals surface area (Å²) in [5.74, 6) is -0.118. The quantitative estimate of drug-likeness (QED) is 0.916. The fraction of sp³-hybridized carbons (Fsp3) is 0.0909. The van der Waals surface area contributed by atoms with Gasteiger partial charge < -0.3 is 5.32 Å². The fourth-order valence-electron chi connectivity index (χ4n) is 1.32. The minimum Gasteiger partial charge on any atom is -0.323 e. The van der Waals surface area contributed by atoms with Crippen molar-refractivity contribution >= 4 is 43.5 Å². The van der Waals surface area contributed by atoms with Gasteiger partial charge in [-0.2, -0.15) is 5.10 Å². The highest BCUT2D eigenvalue weighted by Crippen LogP contribution is 2.21. The lowest BCUT2D eigenvalue weighted by Crippen LogP contribution is -2.19. The Morgan fingerprint density at radius 1 is 1.35 bits per heavy atom. The summed E-state index contributed by atoms with van der Waals surface area (Å²) in [6.45, 7) is 0.187. The van der Waals surface area contributed by atoms with Gasteiger partial charge >= 0.3 is 0 Å². The summed E-state index contributed by atoms with van der Waals surface area (Å²) in [4.78, 5) is 11.7. The predicted molar refractivity (Wildman–Crippen MR) is 72.7 cm³/mol. The van der Waals surface area contributed by atoms with Gasteiger partial charge in [-0.05, 0) is 44.0 Å². The molecule has 0 bridgehead atoms. The van der Waals surface area contributed by atoms with Crippen LogP contribution in [0.4, 0.5) is 5.69 Å². The van der Waals surface area contributed by atoms with Gasteiger partial charge in [0.2, 0.25) is 5.91 Å². The lowest BCUT2D eigenvalue weighted by molar-refractivity contribution is -0.116. The lowest BCUT2D eigenvalue weighted by atomic mass is 10.3. The Morgan fingerprint density at radius 2 is 2.12 bits per heavy atom. The predicted octanol–water partition coefficient (Wildman–Crippen LogP) is 3.05. The lowest BCUT2D eigenvalue weighted by Gasteiger charge is -2.06. The number of carbonyl (C=O) groups excluding carboxylic acids is 1. The second-order valence-corrected chi connectivity index (χ2v) is 5.15. The van der Waals surface area contributed by atoms with Crippen molar-refractivity contribution in [2.45, 2.75) is 6.54 Å². The number of amides is 1. The molecule has 1 amide bonds. The monoisotopic (exact) mass is 357 g/mol. The van der Waals surface area contributed by atoms with Crippen molar-refractivity contribution in [2.24, 2.45) is 0 Å². The SMILES string of the molecule is O=C(Cn1cc(Br)cn1)Nc1ccccc1Br. The maximum Gasteiger partial charge on any atom is 0.246 e. The van der Waals surface area contributed by atoms with Crippen LogP contribution in [0.25, 0.3) is 0 Å². The number of carbonyl (C=O) groups is 1. The Morgan fingerprint density at radius 3 is 2.76 bits per heavy atom. The number of para-hydroxylation sites is 1. The van der Waals surface area contributed by atoms with Gasteiger partial charge in [0.15, 0.2) is 0 Å². The van der Waals surface area contributed by atoms with Crippen LogP contribution in [-0.4, -0.2) is 15.7 Å². The van der Waals surface area contributed by atoms with Crippen LogP contribution in [-0.2, 0) is 11.3 Å². The van der Waals surface area contributed by atoms with E-state index >= 15 is 0 Å². The summed E-state index contributed by atoms with van der Waals surface area (Å²) < 4.78 is 3.28. The molecule has 88 valence electrons. The molecule has 0 saturated carbocycles. The molecule has 1 aromatic carbocycles. The molecule has 0 radical (unpaired) electrons. The maximum absolute atomic E-state index is 11.7. The van der Waals surface area contributed by atoms with Crippen molar-refractivity contribution in [1.82, 2.24) is 9.78 Å². The number of hydrogen-bond acceptors (Lipinski definition) is 2. The zero-order valence-electron chi connectivity index (χ0n) is 8.73. The van der Waals surface area contributed by atoms with Crippen LogP contribution in [0.2, 0.25) is 0 Å². The molecule has 2 aromatic rings. The van der Waals surface area contributed by atoms with Crippen LogP contribution in [0, 0.1) is 0 Å². The summed E-state index contributed by atoms with van der Waals surface area (Å²) in [6, 6.07) is 7.47. The van der Waals surface area contributed by atoms with Crippen molar-refractivity contribution in [3.05, 3.63) is 45.6 Å². The second-order valence-electron chi connectivity index (χ2n) is 3.38. The van der Waals surface area contributed by atoms with Gasteiger partial charge in [0.1, 0.15) is 6.54 Å². The number of nitrogens with one attached hydrogen (secondary N) is 1. The Hall–Kier alpha value is -1.14. The molecule has 0 atom stereocenters. The topological polar surface area (TPSA) is 46.9 Å². The smallest absolute Gasteiger partial charge is 0.246 e. The summed E-state index contributed by atoms with van der Waals surface area (Å²) in [6.07, 6.45) is 3.39. The second kappa shape index (κ2) is 5.46. The van der Waals surface area contributed by atoms with Crippen LogP contribution in [0.1, 0.15) is 0 Å². The van der Waals surface area contributed by atoms with Crippen molar-refractivity contribution in [3.8, 4) is 0 Å². The largest absolute Gasteiger partial charge is 0.323 e. The minimum absolute atomic E-state index is 0.118. The molecule has 0 spiro atoms. The number of rotatable bonds is 3. The molecule has 0 fully saturated rings. The molecule has 0 saturated heterocycles. The van der Waals surface area contributed by atoms with Crippen molar-refractivity contribution in [1.29, 1.82) is 0 Å². The fourth-order valence-corrected chi connectivity index (χ4v) is 2.04. The van der Waals surface area contributed by atoms with E-state index in [1.165, 1.54) is 0 Å². The highest BCUT2D eigenvalue weighted by atomic mass is 79.9. The first-order chi connectivity index (χ1) is 8.15. The third-order valence-electron chi connectivity index (χ3n) is 2.06. The van der Waals surface area contributed by atoms with Crippen LogP contribution in [0.5, 0.6) is 0 Å². The Bertz CT molecular complexity index is 539. The number of halogens is 2. The summed E-state index contributed by atoms with van der Waals surface area (Å²) in [5.41, 5.74) is 0.753. The number of aromatic nitrogens is 2. The van der Waals surface area contributed by atoms with Crippen molar-refractivity contribution in [2.75, 3.05) is 5.32 Å². The van der Waals surface area contributed by atoms with E-state index in [0.717, 1.165) is 14.6 Å². The van der Waals surface area contributed by atoms with E-state index in [0.29, 0.717) is 0 Å². The Labute approximate surface area is 115 Å². The maximum atomic E-state index is 11.7. The summed E-state index contributed by atoms with van der Waals surface area (Å²) in [5, 5.41) is 6.82. The zero-order valence-corrected chi connectivity index (χ0v) is 11.9. The number of anilines is 1. The number of hydrogen-bond donors (Lipinski definition) is 1. The molecular weight excluding hydrogens is 350 g/mol. The average molecular weight is 359 g/mol.